The number of piperidine rings is 1. The average molecular weight is 264 g/mol. The molecule has 1 fully saturated rings. The van der Waals surface area contributed by atoms with Crippen LogP contribution in [0.2, 0.25) is 0 Å². The largest absolute Gasteiger partial charge is 0.381 e. The van der Waals surface area contributed by atoms with Gasteiger partial charge in [-0.15, -0.1) is 0 Å². The number of rotatable bonds is 2. The van der Waals surface area contributed by atoms with Crippen molar-refractivity contribution in [3.8, 4) is 0 Å². The summed E-state index contributed by atoms with van der Waals surface area (Å²) in [6.07, 6.45) is 0.210. The minimum Gasteiger partial charge on any atom is -0.381 e. The number of β-amino-alcohol motifs (C(OH)–C–C–N with tert-alkyl or cyclic N) is 1. The van der Waals surface area contributed by atoms with Crippen LogP contribution in [0.3, 0.4) is 0 Å². The molecule has 1 aromatic rings. The van der Waals surface area contributed by atoms with Crippen LogP contribution in [-0.2, 0) is 4.79 Å². The highest BCUT2D eigenvalue weighted by Crippen LogP contribution is 2.32. The zero-order chi connectivity index (χ0) is 14.2. The summed E-state index contributed by atoms with van der Waals surface area (Å²) >= 11 is 0. The molecule has 1 aliphatic heterocycles. The lowest BCUT2D eigenvalue weighted by Crippen LogP contribution is -2.52. The highest BCUT2D eigenvalue weighted by molar-refractivity contribution is 5.88. The normalized spacial score (nSPS) is 28.4. The van der Waals surface area contributed by atoms with E-state index in [1.165, 1.54) is 19.1 Å². The summed E-state index contributed by atoms with van der Waals surface area (Å²) in [5, 5.41) is 20.5. The predicted octanol–water partition coefficient (Wildman–Crippen LogP) is 1.29. The van der Waals surface area contributed by atoms with Gasteiger partial charge in [0.2, 0.25) is 0 Å². The molecule has 0 spiro atoms. The van der Waals surface area contributed by atoms with Crippen LogP contribution in [0.15, 0.2) is 24.3 Å². The van der Waals surface area contributed by atoms with E-state index in [0.29, 0.717) is 0 Å². The van der Waals surface area contributed by atoms with E-state index in [9.17, 15) is 20.0 Å². The maximum absolute atomic E-state index is 11.8. The van der Waals surface area contributed by atoms with Gasteiger partial charge in [0.05, 0.1) is 4.92 Å². The van der Waals surface area contributed by atoms with E-state index >= 15 is 0 Å². The molecule has 0 amide bonds. The number of nitro groups is 1. The number of nitrogens with zero attached hydrogens (tertiary/aromatic N) is 2. The topological polar surface area (TPSA) is 83.7 Å². The Balaban J connectivity index is 2.22. The zero-order valence-electron chi connectivity index (χ0n) is 10.9. The Kier molecular flexibility index (Phi) is 3.38. The van der Waals surface area contributed by atoms with Crippen molar-refractivity contribution in [1.29, 1.82) is 0 Å². The summed E-state index contributed by atoms with van der Waals surface area (Å²) in [5.41, 5.74) is -0.441. The second-order valence-corrected chi connectivity index (χ2v) is 5.18. The first-order valence-electron chi connectivity index (χ1n) is 6.01. The Labute approximate surface area is 110 Å². The SMILES string of the molecule is CN1C[C@@](C)(O)C(=O)C[C@H]1c1ccc([N+](=O)[O-])cc1. The van der Waals surface area contributed by atoms with Gasteiger partial charge in [0.25, 0.3) is 5.69 Å². The van der Waals surface area contributed by atoms with Gasteiger partial charge >= 0.3 is 0 Å². The van der Waals surface area contributed by atoms with E-state index in [4.69, 9.17) is 0 Å². The van der Waals surface area contributed by atoms with Gasteiger partial charge in [-0.25, -0.2) is 0 Å². The predicted molar refractivity (Wildman–Crippen MR) is 68.7 cm³/mol. The molecule has 1 heterocycles. The first kappa shape index (κ1) is 13.6. The van der Waals surface area contributed by atoms with Gasteiger partial charge < -0.3 is 5.11 Å². The van der Waals surface area contributed by atoms with Crippen molar-refractivity contribution in [2.24, 2.45) is 0 Å². The van der Waals surface area contributed by atoms with Gasteiger partial charge in [-0.2, -0.15) is 0 Å². The van der Waals surface area contributed by atoms with E-state index in [0.717, 1.165) is 5.56 Å². The molecule has 1 saturated heterocycles. The third kappa shape index (κ3) is 2.64. The molecular formula is C13H16N2O4. The lowest BCUT2D eigenvalue weighted by Gasteiger charge is -2.39. The molecule has 1 aliphatic rings. The molecule has 102 valence electrons. The van der Waals surface area contributed by atoms with Gasteiger partial charge in [-0.3, -0.25) is 19.8 Å². The van der Waals surface area contributed by atoms with Crippen molar-refractivity contribution in [2.75, 3.05) is 13.6 Å². The number of ketones is 1. The monoisotopic (exact) mass is 264 g/mol. The van der Waals surface area contributed by atoms with Crippen molar-refractivity contribution >= 4 is 11.5 Å². The molecule has 1 aromatic carbocycles. The number of aliphatic hydroxyl groups is 1. The van der Waals surface area contributed by atoms with Crippen LogP contribution in [0.5, 0.6) is 0 Å². The van der Waals surface area contributed by atoms with Gasteiger partial charge in [0, 0.05) is 31.1 Å². The van der Waals surface area contributed by atoms with Crippen LogP contribution >= 0.6 is 0 Å². The number of hydrogen-bond acceptors (Lipinski definition) is 5. The van der Waals surface area contributed by atoms with Gasteiger partial charge in [0.15, 0.2) is 5.78 Å². The van der Waals surface area contributed by atoms with Gasteiger partial charge in [-0.05, 0) is 19.5 Å². The van der Waals surface area contributed by atoms with Crippen molar-refractivity contribution in [1.82, 2.24) is 4.90 Å². The van der Waals surface area contributed by atoms with Gasteiger partial charge in [-0.1, -0.05) is 12.1 Å². The fourth-order valence-electron chi connectivity index (χ4n) is 2.43. The molecule has 2 atom stereocenters. The molecule has 2 rings (SSSR count). The number of hydrogen-bond donors (Lipinski definition) is 1. The third-order valence-electron chi connectivity index (χ3n) is 3.56. The molecule has 0 aromatic heterocycles. The smallest absolute Gasteiger partial charge is 0.269 e. The molecule has 0 bridgehead atoms. The molecule has 6 heteroatoms. The molecular weight excluding hydrogens is 248 g/mol. The molecule has 6 nitrogen and oxygen atoms in total. The highest BCUT2D eigenvalue weighted by Gasteiger charge is 2.40. The van der Waals surface area contributed by atoms with E-state index in [-0.39, 0.29) is 30.5 Å². The lowest BCUT2D eigenvalue weighted by atomic mass is 9.86. The summed E-state index contributed by atoms with van der Waals surface area (Å²) in [4.78, 5) is 23.9. The van der Waals surface area contributed by atoms with Crippen molar-refractivity contribution in [3.63, 3.8) is 0 Å². The summed E-state index contributed by atoms with van der Waals surface area (Å²) in [7, 11) is 1.83. The Hall–Kier alpha value is -1.79. The molecule has 0 radical (unpaired) electrons. The van der Waals surface area contributed by atoms with Crippen LogP contribution < -0.4 is 0 Å². The molecule has 1 N–H and O–H groups in total. The van der Waals surface area contributed by atoms with Crippen LogP contribution in [0, 0.1) is 10.1 Å². The summed E-state index contributed by atoms with van der Waals surface area (Å²) < 4.78 is 0. The Bertz CT molecular complexity index is 510. The number of Topliss-reactive ketones (excluding diaryl/α,β-unsaturated/α-hetero) is 1. The quantitative estimate of drug-likeness (QED) is 0.642. The van der Waals surface area contributed by atoms with Crippen molar-refractivity contribution in [3.05, 3.63) is 39.9 Å². The number of carbonyl (C=O) groups is 1. The third-order valence-corrected chi connectivity index (χ3v) is 3.56. The first-order chi connectivity index (χ1) is 8.81. The molecule has 0 saturated carbocycles. The maximum Gasteiger partial charge on any atom is 0.269 e. The number of benzene rings is 1. The lowest BCUT2D eigenvalue weighted by molar-refractivity contribution is -0.384. The fraction of sp³-hybridized carbons (Fsp3) is 0.462. The summed E-state index contributed by atoms with van der Waals surface area (Å²) in [5.74, 6) is -0.200. The minimum absolute atomic E-state index is 0.0283. The number of carbonyl (C=O) groups excluding carboxylic acids is 1. The molecule has 19 heavy (non-hydrogen) atoms. The fourth-order valence-corrected chi connectivity index (χ4v) is 2.43. The number of nitro benzene ring substituents is 1. The van der Waals surface area contributed by atoms with Crippen molar-refractivity contribution in [2.45, 2.75) is 25.0 Å². The second-order valence-electron chi connectivity index (χ2n) is 5.18. The van der Waals surface area contributed by atoms with Crippen LogP contribution in [0.25, 0.3) is 0 Å². The van der Waals surface area contributed by atoms with Crippen molar-refractivity contribution < 1.29 is 14.8 Å². The Morgan fingerprint density at radius 2 is 2.00 bits per heavy atom. The molecule has 0 aliphatic carbocycles. The zero-order valence-corrected chi connectivity index (χ0v) is 10.9. The Morgan fingerprint density at radius 1 is 1.42 bits per heavy atom. The second kappa shape index (κ2) is 4.71. The number of likely N-dealkylation sites (N-methyl/N-ethyl adjacent to an activating group) is 1. The van der Waals surface area contributed by atoms with E-state index in [1.54, 1.807) is 12.1 Å². The first-order valence-corrected chi connectivity index (χ1v) is 6.01. The number of likely N-dealkylation sites (tertiary alicyclic amines) is 1. The summed E-state index contributed by atoms with van der Waals surface area (Å²) in [6.45, 7) is 1.77. The van der Waals surface area contributed by atoms with Crippen LogP contribution in [0.1, 0.15) is 24.9 Å². The van der Waals surface area contributed by atoms with E-state index in [1.807, 2.05) is 11.9 Å². The van der Waals surface area contributed by atoms with E-state index in [2.05, 4.69) is 0 Å². The Morgan fingerprint density at radius 3 is 2.53 bits per heavy atom. The van der Waals surface area contributed by atoms with Gasteiger partial charge in [0.1, 0.15) is 5.60 Å². The number of non-ortho nitro benzene ring substituents is 1. The average Bonchev–Trinajstić information content (AvgIpc) is 2.33. The van der Waals surface area contributed by atoms with Crippen LogP contribution in [-0.4, -0.2) is 39.9 Å². The highest BCUT2D eigenvalue weighted by atomic mass is 16.6. The molecule has 0 unspecified atom stereocenters. The van der Waals surface area contributed by atoms with E-state index < -0.39 is 10.5 Å². The minimum atomic E-state index is -1.31. The summed E-state index contributed by atoms with van der Waals surface area (Å²) in [6, 6.07) is 6.04. The standard InChI is InChI=1S/C13H16N2O4/c1-13(17)8-14(2)11(7-12(13)16)9-3-5-10(6-4-9)15(18)19/h3-6,11,17H,7-8H2,1-2H3/t11-,13+/m0/s1. The van der Waals surface area contributed by atoms with Crippen LogP contribution in [0.4, 0.5) is 5.69 Å². The maximum atomic E-state index is 11.8.